The van der Waals surface area contributed by atoms with Crippen LogP contribution in [0.5, 0.6) is 0 Å². The third kappa shape index (κ3) is 4.38. The lowest BCUT2D eigenvalue weighted by Gasteiger charge is -2.20. The minimum absolute atomic E-state index is 1.21. The molecule has 0 amide bonds. The van der Waals surface area contributed by atoms with Gasteiger partial charge >= 0.3 is 0 Å². The highest BCUT2D eigenvalue weighted by molar-refractivity contribution is 6.24. The van der Waals surface area contributed by atoms with E-state index in [-0.39, 0.29) is 0 Å². The second kappa shape index (κ2) is 10.9. The van der Waals surface area contributed by atoms with Crippen LogP contribution in [0.25, 0.3) is 87.6 Å². The molecule has 9 aromatic rings. The summed E-state index contributed by atoms with van der Waals surface area (Å²) in [6, 6.07) is 66.6. The smallest absolute Gasteiger partial charge is 0.00201 e. The van der Waals surface area contributed by atoms with Crippen molar-refractivity contribution in [3.8, 4) is 44.5 Å². The lowest BCUT2D eigenvalue weighted by molar-refractivity contribution is 1.60. The predicted molar refractivity (Wildman–Crippen MR) is 198 cm³/mol. The van der Waals surface area contributed by atoms with Gasteiger partial charge in [0.1, 0.15) is 0 Å². The summed E-state index contributed by atoms with van der Waals surface area (Å²) >= 11 is 0. The molecule has 0 saturated heterocycles. The first-order valence-corrected chi connectivity index (χ1v) is 15.9. The zero-order valence-electron chi connectivity index (χ0n) is 25.3. The highest BCUT2D eigenvalue weighted by Gasteiger charge is 2.19. The Morgan fingerprint density at radius 2 is 0.739 bits per heavy atom. The van der Waals surface area contributed by atoms with Crippen molar-refractivity contribution >= 4 is 43.1 Å². The molecule has 0 saturated carbocycles. The molecule has 0 aliphatic heterocycles. The van der Waals surface area contributed by atoms with E-state index < -0.39 is 0 Å². The highest BCUT2D eigenvalue weighted by atomic mass is 14.2. The summed E-state index contributed by atoms with van der Waals surface area (Å²) in [6.45, 7) is 0. The number of fused-ring (bicyclic) bond motifs is 4. The maximum Gasteiger partial charge on any atom is -0.00201 e. The van der Waals surface area contributed by atoms with Gasteiger partial charge in [-0.2, -0.15) is 0 Å². The summed E-state index contributed by atoms with van der Waals surface area (Å²) in [4.78, 5) is 0. The first-order chi connectivity index (χ1) is 22.8. The van der Waals surface area contributed by atoms with Gasteiger partial charge in [0.05, 0.1) is 0 Å². The zero-order chi connectivity index (χ0) is 30.5. The number of benzene rings is 9. The Balaban J connectivity index is 1.35. The maximum absolute atomic E-state index is 2.42. The fraction of sp³-hybridized carbons (Fsp3) is 0. The van der Waals surface area contributed by atoms with Crippen LogP contribution >= 0.6 is 0 Å². The second-order valence-corrected chi connectivity index (χ2v) is 12.1. The van der Waals surface area contributed by atoms with Crippen molar-refractivity contribution in [2.75, 3.05) is 0 Å². The van der Waals surface area contributed by atoms with Crippen LogP contribution in [-0.4, -0.2) is 0 Å². The molecular weight excluding hydrogens is 553 g/mol. The summed E-state index contributed by atoms with van der Waals surface area (Å²) in [7, 11) is 0. The molecule has 0 bridgehead atoms. The van der Waals surface area contributed by atoms with Crippen LogP contribution in [0.15, 0.2) is 182 Å². The van der Waals surface area contributed by atoms with Crippen LogP contribution in [0.3, 0.4) is 0 Å². The van der Waals surface area contributed by atoms with Crippen molar-refractivity contribution in [3.63, 3.8) is 0 Å². The second-order valence-electron chi connectivity index (χ2n) is 12.1. The van der Waals surface area contributed by atoms with Gasteiger partial charge in [0.2, 0.25) is 0 Å². The van der Waals surface area contributed by atoms with Crippen molar-refractivity contribution in [2.45, 2.75) is 0 Å². The van der Waals surface area contributed by atoms with E-state index in [0.29, 0.717) is 0 Å². The van der Waals surface area contributed by atoms with Gasteiger partial charge in [-0.25, -0.2) is 0 Å². The molecule has 9 aromatic carbocycles. The molecule has 9 rings (SSSR count). The summed E-state index contributed by atoms with van der Waals surface area (Å²) in [5, 5.41) is 10.1. The summed E-state index contributed by atoms with van der Waals surface area (Å²) < 4.78 is 0. The predicted octanol–water partition coefficient (Wildman–Crippen LogP) is 13.0. The lowest BCUT2D eigenvalue weighted by atomic mass is 9.83. The molecule has 0 N–H and O–H groups in total. The van der Waals surface area contributed by atoms with Crippen LogP contribution in [0.1, 0.15) is 0 Å². The van der Waals surface area contributed by atoms with E-state index in [0.717, 1.165) is 0 Å². The van der Waals surface area contributed by atoms with Gasteiger partial charge in [-0.3, -0.25) is 0 Å². The van der Waals surface area contributed by atoms with E-state index in [1.165, 1.54) is 87.6 Å². The molecule has 0 aliphatic rings. The largest absolute Gasteiger partial charge is 0.0622 e. The topological polar surface area (TPSA) is 0 Å². The molecule has 0 heterocycles. The van der Waals surface area contributed by atoms with E-state index >= 15 is 0 Å². The van der Waals surface area contributed by atoms with Gasteiger partial charge in [-0.05, 0) is 99.7 Å². The highest BCUT2D eigenvalue weighted by Crippen LogP contribution is 2.46. The van der Waals surface area contributed by atoms with Crippen LogP contribution in [0.2, 0.25) is 0 Å². The van der Waals surface area contributed by atoms with E-state index in [1.807, 2.05) is 0 Å². The summed E-state index contributed by atoms with van der Waals surface area (Å²) in [6.07, 6.45) is 0. The van der Waals surface area contributed by atoms with E-state index in [1.54, 1.807) is 0 Å². The molecule has 0 nitrogen and oxygen atoms in total. The fourth-order valence-corrected chi connectivity index (χ4v) is 7.23. The number of hydrogen-bond donors (Lipinski definition) is 0. The average Bonchev–Trinajstić information content (AvgIpc) is 3.13. The molecule has 0 spiro atoms. The van der Waals surface area contributed by atoms with Crippen molar-refractivity contribution in [3.05, 3.63) is 182 Å². The fourth-order valence-electron chi connectivity index (χ4n) is 7.23. The molecule has 0 radical (unpaired) electrons. The third-order valence-corrected chi connectivity index (χ3v) is 9.45. The maximum atomic E-state index is 2.42. The summed E-state index contributed by atoms with van der Waals surface area (Å²) in [5.74, 6) is 0. The van der Waals surface area contributed by atoms with Crippen molar-refractivity contribution < 1.29 is 0 Å². The Kier molecular flexibility index (Phi) is 6.25. The van der Waals surface area contributed by atoms with E-state index in [4.69, 9.17) is 0 Å². The Hall–Kier alpha value is -5.98. The van der Waals surface area contributed by atoms with Gasteiger partial charge in [0.15, 0.2) is 0 Å². The van der Waals surface area contributed by atoms with Gasteiger partial charge in [-0.1, -0.05) is 170 Å². The van der Waals surface area contributed by atoms with Crippen molar-refractivity contribution in [1.29, 1.82) is 0 Å². The molecule has 0 aliphatic carbocycles. The van der Waals surface area contributed by atoms with Crippen LogP contribution in [-0.2, 0) is 0 Å². The zero-order valence-corrected chi connectivity index (χ0v) is 25.3. The minimum atomic E-state index is 1.21. The molecule has 0 aromatic heterocycles. The monoisotopic (exact) mass is 582 g/mol. The van der Waals surface area contributed by atoms with E-state index in [2.05, 4.69) is 182 Å². The van der Waals surface area contributed by atoms with Gasteiger partial charge in [-0.15, -0.1) is 0 Å². The SMILES string of the molecule is c1ccc(-c2ccc(-c3ccc4c(-c5cccc6ccccc56)c5ccccc5c(-c5ccc6ccccc6c5)c4c3)cc2)cc1. The Morgan fingerprint density at radius 1 is 0.217 bits per heavy atom. The lowest BCUT2D eigenvalue weighted by Crippen LogP contribution is -1.92. The van der Waals surface area contributed by atoms with Gasteiger partial charge < -0.3 is 0 Å². The number of rotatable bonds is 4. The first kappa shape index (κ1) is 26.4. The number of hydrogen-bond acceptors (Lipinski definition) is 0. The van der Waals surface area contributed by atoms with Gasteiger partial charge in [0.25, 0.3) is 0 Å². The molecule has 0 heteroatoms. The third-order valence-electron chi connectivity index (χ3n) is 9.45. The Morgan fingerprint density at radius 3 is 1.52 bits per heavy atom. The molecular formula is C46H30. The molecule has 214 valence electrons. The van der Waals surface area contributed by atoms with Crippen molar-refractivity contribution in [1.82, 2.24) is 0 Å². The van der Waals surface area contributed by atoms with Crippen LogP contribution in [0.4, 0.5) is 0 Å². The van der Waals surface area contributed by atoms with Gasteiger partial charge in [0, 0.05) is 0 Å². The summed E-state index contributed by atoms with van der Waals surface area (Å²) in [5.41, 5.74) is 9.97. The molecule has 0 fully saturated rings. The van der Waals surface area contributed by atoms with Crippen LogP contribution < -0.4 is 0 Å². The Bertz CT molecular complexity index is 2550. The molecule has 0 unspecified atom stereocenters. The Labute approximate surface area is 268 Å². The first-order valence-electron chi connectivity index (χ1n) is 15.9. The molecule has 0 atom stereocenters. The molecule has 46 heavy (non-hydrogen) atoms. The average molecular weight is 583 g/mol. The van der Waals surface area contributed by atoms with Crippen molar-refractivity contribution in [2.24, 2.45) is 0 Å². The normalized spacial score (nSPS) is 11.5. The quantitative estimate of drug-likeness (QED) is 0.181. The minimum Gasteiger partial charge on any atom is -0.0622 e. The van der Waals surface area contributed by atoms with E-state index in [9.17, 15) is 0 Å². The van der Waals surface area contributed by atoms with Crippen LogP contribution in [0, 0.1) is 0 Å². The standard InChI is InChI=1S/C46H30/c1-2-11-31(12-3-1)33-21-23-34(24-22-33)37-27-28-43-44(30-37)45(38-26-25-32-13-4-5-15-36(32)29-38)41-18-8-9-19-42(41)46(43)40-20-10-16-35-14-6-7-17-39(35)40/h1-30H.